The van der Waals surface area contributed by atoms with Crippen LogP contribution in [0.25, 0.3) is 0 Å². The van der Waals surface area contributed by atoms with Crippen LogP contribution < -0.4 is 5.32 Å². The van der Waals surface area contributed by atoms with Gasteiger partial charge in [0, 0.05) is 18.7 Å². The van der Waals surface area contributed by atoms with Gasteiger partial charge in [0.15, 0.2) is 0 Å². The van der Waals surface area contributed by atoms with E-state index >= 15 is 0 Å². The number of piperidine rings is 1. The van der Waals surface area contributed by atoms with E-state index < -0.39 is 29.3 Å². The number of nitrogens with zero attached hydrogens (tertiary/aromatic N) is 1. The molecule has 0 radical (unpaired) electrons. The van der Waals surface area contributed by atoms with Gasteiger partial charge in [-0.2, -0.15) is 13.2 Å². The van der Waals surface area contributed by atoms with E-state index in [2.05, 4.69) is 5.32 Å². The van der Waals surface area contributed by atoms with Gasteiger partial charge in [-0.25, -0.2) is 4.79 Å². The van der Waals surface area contributed by atoms with E-state index in [0.717, 1.165) is 0 Å². The van der Waals surface area contributed by atoms with Crippen LogP contribution in [-0.4, -0.2) is 47.3 Å². The van der Waals surface area contributed by atoms with E-state index in [1.54, 1.807) is 26.8 Å². The summed E-state index contributed by atoms with van der Waals surface area (Å²) < 4.78 is 45.9. The third-order valence-corrected chi connectivity index (χ3v) is 4.26. The maximum absolute atomic E-state index is 13.6. The van der Waals surface area contributed by atoms with E-state index in [9.17, 15) is 22.8 Å². The molecule has 0 aromatic carbocycles. The molecule has 0 atom stereocenters. The van der Waals surface area contributed by atoms with Gasteiger partial charge in [-0.1, -0.05) is 6.08 Å². The Bertz CT molecular complexity index is 542. The molecule has 1 N–H and O–H groups in total. The number of likely N-dealkylation sites (tertiary alicyclic amines) is 1. The summed E-state index contributed by atoms with van der Waals surface area (Å²) in [6.07, 6.45) is -3.12. The maximum Gasteiger partial charge on any atom is 0.411 e. The van der Waals surface area contributed by atoms with Crippen molar-refractivity contribution in [2.24, 2.45) is 0 Å². The second-order valence-corrected chi connectivity index (χ2v) is 7.27. The fourth-order valence-electron chi connectivity index (χ4n) is 2.67. The molecule has 0 aromatic rings. The molecule has 1 fully saturated rings. The van der Waals surface area contributed by atoms with Crippen molar-refractivity contribution in [3.63, 3.8) is 0 Å². The molecule has 8 heteroatoms. The molecule has 1 heterocycles. The van der Waals surface area contributed by atoms with Gasteiger partial charge in [-0.3, -0.25) is 4.79 Å². The molecule has 0 unspecified atom stereocenters. The van der Waals surface area contributed by atoms with Gasteiger partial charge in [0.25, 0.3) is 0 Å². The topological polar surface area (TPSA) is 58.6 Å². The minimum absolute atomic E-state index is 0.117. The number of allylic oxidation sites excluding steroid dienone is 1. The van der Waals surface area contributed by atoms with Crippen LogP contribution >= 0.6 is 0 Å². The average molecular weight is 348 g/mol. The summed E-state index contributed by atoms with van der Waals surface area (Å²) >= 11 is 0. The van der Waals surface area contributed by atoms with Crippen LogP contribution in [0.1, 0.15) is 46.5 Å². The third-order valence-electron chi connectivity index (χ3n) is 4.26. The lowest BCUT2D eigenvalue weighted by molar-refractivity contribution is -0.208. The number of halogens is 3. The van der Waals surface area contributed by atoms with Gasteiger partial charge in [0.1, 0.15) is 11.1 Å². The van der Waals surface area contributed by atoms with Crippen molar-refractivity contribution in [3.8, 4) is 0 Å². The highest BCUT2D eigenvalue weighted by molar-refractivity contribution is 5.95. The van der Waals surface area contributed by atoms with Crippen molar-refractivity contribution in [2.45, 2.75) is 63.8 Å². The smallest absolute Gasteiger partial charge is 0.411 e. The summed E-state index contributed by atoms with van der Waals surface area (Å²) in [6, 6.07) is 0. The van der Waals surface area contributed by atoms with Gasteiger partial charge in [-0.15, -0.1) is 0 Å². The second kappa shape index (κ2) is 6.29. The van der Waals surface area contributed by atoms with Crippen molar-refractivity contribution in [3.05, 3.63) is 11.6 Å². The molecule has 1 saturated heterocycles. The quantitative estimate of drug-likeness (QED) is 0.834. The zero-order valence-corrected chi connectivity index (χ0v) is 14.1. The molecule has 2 aliphatic rings. The first-order chi connectivity index (χ1) is 10.9. The summed E-state index contributed by atoms with van der Waals surface area (Å²) in [6.45, 7) is 4.85. The van der Waals surface area contributed by atoms with Crippen LogP contribution in [0.5, 0.6) is 0 Å². The summed E-state index contributed by atoms with van der Waals surface area (Å²) in [5.41, 5.74) is -2.60. The van der Waals surface area contributed by atoms with Crippen molar-refractivity contribution >= 4 is 12.0 Å². The number of ether oxygens (including phenoxy) is 1. The number of amides is 2. The summed E-state index contributed by atoms with van der Waals surface area (Å²) in [4.78, 5) is 25.2. The Balaban J connectivity index is 2.05. The molecular formula is C16H23F3N2O3. The minimum Gasteiger partial charge on any atom is -0.444 e. The highest BCUT2D eigenvalue weighted by Gasteiger charge is 2.57. The highest BCUT2D eigenvalue weighted by atomic mass is 19.4. The van der Waals surface area contributed by atoms with Crippen LogP contribution in [0.4, 0.5) is 18.0 Å². The van der Waals surface area contributed by atoms with Crippen LogP contribution in [0.15, 0.2) is 11.6 Å². The lowest BCUT2D eigenvalue weighted by atomic mass is 9.85. The Morgan fingerprint density at radius 2 is 1.75 bits per heavy atom. The van der Waals surface area contributed by atoms with E-state index in [0.29, 0.717) is 18.4 Å². The van der Waals surface area contributed by atoms with Crippen LogP contribution in [0.2, 0.25) is 0 Å². The Kier molecular flexibility index (Phi) is 4.88. The zero-order chi connectivity index (χ0) is 18.2. The fraction of sp³-hybridized carbons (Fsp3) is 0.750. The number of hydrogen-bond acceptors (Lipinski definition) is 3. The lowest BCUT2D eigenvalue weighted by Gasteiger charge is -2.43. The Morgan fingerprint density at radius 3 is 2.12 bits per heavy atom. The molecule has 0 spiro atoms. The van der Waals surface area contributed by atoms with Crippen LogP contribution in [0.3, 0.4) is 0 Å². The molecule has 1 aliphatic heterocycles. The van der Waals surface area contributed by atoms with Crippen molar-refractivity contribution in [2.75, 3.05) is 13.1 Å². The maximum atomic E-state index is 13.6. The first-order valence-corrected chi connectivity index (χ1v) is 8.00. The van der Waals surface area contributed by atoms with Gasteiger partial charge in [0.05, 0.1) is 0 Å². The second-order valence-electron chi connectivity index (χ2n) is 7.27. The van der Waals surface area contributed by atoms with Gasteiger partial charge in [-0.05, 0) is 46.5 Å². The minimum atomic E-state index is -4.58. The molecule has 1 aliphatic carbocycles. The summed E-state index contributed by atoms with van der Waals surface area (Å²) in [5.74, 6) is -0.663. The average Bonchev–Trinajstić information content (AvgIpc) is 2.33. The molecule has 2 amide bonds. The zero-order valence-electron chi connectivity index (χ0n) is 14.1. The number of hydrogen-bond donors (Lipinski definition) is 1. The molecule has 136 valence electrons. The molecule has 5 nitrogen and oxygen atoms in total. The number of carbonyl (C=O) groups excluding carboxylic acids is 2. The first kappa shape index (κ1) is 18.6. The predicted octanol–water partition coefficient (Wildman–Crippen LogP) is 3.15. The van der Waals surface area contributed by atoms with Crippen molar-refractivity contribution < 1.29 is 27.5 Å². The van der Waals surface area contributed by atoms with E-state index in [1.807, 2.05) is 0 Å². The third kappa shape index (κ3) is 4.02. The molecule has 0 saturated carbocycles. The molecule has 0 aromatic heterocycles. The Hall–Kier alpha value is -1.73. The van der Waals surface area contributed by atoms with Gasteiger partial charge >= 0.3 is 12.3 Å². The molecular weight excluding hydrogens is 325 g/mol. The molecule has 0 bridgehead atoms. The fourth-order valence-corrected chi connectivity index (χ4v) is 2.67. The Labute approximate surface area is 139 Å². The number of nitrogens with one attached hydrogen (secondary N) is 1. The standard InChI is InChI=1S/C16H23F3N2O3/c1-14(2,3)24-13(23)21-9-7-15(8-10-21,16(17,18)19)20-12(22)11-5-4-6-11/h5H,4,6-10H2,1-3H3,(H,20,22). The normalized spacial score (nSPS) is 20.8. The summed E-state index contributed by atoms with van der Waals surface area (Å²) in [7, 11) is 0. The Morgan fingerprint density at radius 1 is 1.21 bits per heavy atom. The lowest BCUT2D eigenvalue weighted by Crippen LogP contribution is -2.64. The number of carbonyl (C=O) groups is 2. The number of rotatable bonds is 2. The van der Waals surface area contributed by atoms with Crippen LogP contribution in [-0.2, 0) is 9.53 Å². The van der Waals surface area contributed by atoms with E-state index in [-0.39, 0.29) is 25.9 Å². The highest BCUT2D eigenvalue weighted by Crippen LogP contribution is 2.39. The molecule has 24 heavy (non-hydrogen) atoms. The summed E-state index contributed by atoms with van der Waals surface area (Å²) in [5, 5.41) is 2.17. The SMILES string of the molecule is CC(C)(C)OC(=O)N1CCC(NC(=O)C2=CCC2)(C(F)(F)F)CC1. The van der Waals surface area contributed by atoms with E-state index in [4.69, 9.17) is 4.74 Å². The van der Waals surface area contributed by atoms with Crippen molar-refractivity contribution in [1.82, 2.24) is 10.2 Å². The molecule has 2 rings (SSSR count). The monoisotopic (exact) mass is 348 g/mol. The largest absolute Gasteiger partial charge is 0.444 e. The van der Waals surface area contributed by atoms with Crippen LogP contribution in [0, 0.1) is 0 Å². The first-order valence-electron chi connectivity index (χ1n) is 8.00. The number of alkyl halides is 3. The van der Waals surface area contributed by atoms with Gasteiger partial charge in [0.2, 0.25) is 5.91 Å². The van der Waals surface area contributed by atoms with E-state index in [1.165, 1.54) is 4.90 Å². The van der Waals surface area contributed by atoms with Gasteiger partial charge < -0.3 is 15.0 Å². The predicted molar refractivity (Wildman–Crippen MR) is 81.3 cm³/mol. The van der Waals surface area contributed by atoms with Crippen molar-refractivity contribution in [1.29, 1.82) is 0 Å².